The molecule has 1 unspecified atom stereocenters. The highest BCUT2D eigenvalue weighted by molar-refractivity contribution is 7.79. The molecule has 14 heavy (non-hydrogen) atoms. The van der Waals surface area contributed by atoms with Gasteiger partial charge in [0, 0.05) is 10.3 Å². The van der Waals surface area contributed by atoms with Gasteiger partial charge in [-0.15, -0.1) is 0 Å². The van der Waals surface area contributed by atoms with Crippen molar-refractivity contribution in [1.82, 2.24) is 0 Å². The number of fused-ring (bicyclic) bond motifs is 1. The molecule has 2 rings (SSSR count). The SMILES string of the molecule is O=S([O-])c1ccc(F)c2ccccc12. The van der Waals surface area contributed by atoms with Gasteiger partial charge in [0.25, 0.3) is 0 Å². The molecule has 2 aromatic carbocycles. The van der Waals surface area contributed by atoms with Gasteiger partial charge in [-0.2, -0.15) is 0 Å². The number of halogens is 1. The van der Waals surface area contributed by atoms with E-state index in [0.717, 1.165) is 6.07 Å². The number of hydrogen-bond acceptors (Lipinski definition) is 2. The Morgan fingerprint density at radius 2 is 1.71 bits per heavy atom. The molecule has 0 aromatic heterocycles. The fourth-order valence-electron chi connectivity index (χ4n) is 1.38. The van der Waals surface area contributed by atoms with Crippen LogP contribution < -0.4 is 0 Å². The standard InChI is InChI=1S/C10H7FO2S/c11-9-5-6-10(14(12)13)8-4-2-1-3-7(8)9/h1-6H,(H,12,13)/p-1. The maximum atomic E-state index is 13.2. The highest BCUT2D eigenvalue weighted by Crippen LogP contribution is 2.23. The van der Waals surface area contributed by atoms with Crippen molar-refractivity contribution in [3.63, 3.8) is 0 Å². The first-order valence-corrected chi connectivity index (χ1v) is 5.04. The van der Waals surface area contributed by atoms with Crippen LogP contribution in [0, 0.1) is 5.82 Å². The van der Waals surface area contributed by atoms with E-state index in [2.05, 4.69) is 0 Å². The molecule has 2 aromatic rings. The zero-order valence-electron chi connectivity index (χ0n) is 7.07. The number of rotatable bonds is 1. The fourth-order valence-corrected chi connectivity index (χ4v) is 1.92. The molecule has 0 aliphatic carbocycles. The van der Waals surface area contributed by atoms with Crippen molar-refractivity contribution < 1.29 is 13.2 Å². The third kappa shape index (κ3) is 1.42. The first-order valence-electron chi connectivity index (χ1n) is 3.96. The molecule has 0 spiro atoms. The number of hydrogen-bond donors (Lipinski definition) is 0. The minimum atomic E-state index is -2.33. The Morgan fingerprint density at radius 1 is 1.07 bits per heavy atom. The van der Waals surface area contributed by atoms with Gasteiger partial charge < -0.3 is 4.55 Å². The zero-order valence-corrected chi connectivity index (χ0v) is 7.88. The molecule has 0 heterocycles. The molecule has 2 nitrogen and oxygen atoms in total. The van der Waals surface area contributed by atoms with Crippen LogP contribution in [0.4, 0.5) is 4.39 Å². The summed E-state index contributed by atoms with van der Waals surface area (Å²) in [6.45, 7) is 0. The summed E-state index contributed by atoms with van der Waals surface area (Å²) in [5.41, 5.74) is 0. The normalized spacial score (nSPS) is 13.0. The molecular formula is C10H6FO2S-. The summed E-state index contributed by atoms with van der Waals surface area (Å²) in [6.07, 6.45) is 0. The van der Waals surface area contributed by atoms with Crippen LogP contribution in [-0.4, -0.2) is 8.76 Å². The fraction of sp³-hybridized carbons (Fsp3) is 0. The Labute approximate surface area is 82.7 Å². The van der Waals surface area contributed by atoms with Crippen LogP contribution in [0.2, 0.25) is 0 Å². The lowest BCUT2D eigenvalue weighted by Crippen LogP contribution is -1.91. The molecule has 0 aliphatic rings. The van der Waals surface area contributed by atoms with Crippen LogP contribution in [0.1, 0.15) is 0 Å². The first-order chi connectivity index (χ1) is 6.70. The minimum absolute atomic E-state index is 0.127. The molecule has 0 radical (unpaired) electrons. The molecule has 0 saturated carbocycles. The largest absolute Gasteiger partial charge is 0.768 e. The lowest BCUT2D eigenvalue weighted by Gasteiger charge is -2.09. The van der Waals surface area contributed by atoms with Gasteiger partial charge in [0.05, 0.1) is 0 Å². The summed E-state index contributed by atoms with van der Waals surface area (Å²) in [4.78, 5) is 0.127. The zero-order chi connectivity index (χ0) is 10.1. The van der Waals surface area contributed by atoms with Crippen molar-refractivity contribution in [2.75, 3.05) is 0 Å². The van der Waals surface area contributed by atoms with Gasteiger partial charge in [-0.3, -0.25) is 4.21 Å². The van der Waals surface area contributed by atoms with Crippen LogP contribution in [0.25, 0.3) is 10.8 Å². The van der Waals surface area contributed by atoms with E-state index in [0.29, 0.717) is 10.8 Å². The lowest BCUT2D eigenvalue weighted by molar-refractivity contribution is 0.538. The number of benzene rings is 2. The lowest BCUT2D eigenvalue weighted by atomic mass is 10.1. The predicted octanol–water partition coefficient (Wildman–Crippen LogP) is 2.22. The van der Waals surface area contributed by atoms with Crippen molar-refractivity contribution >= 4 is 21.9 Å². The molecule has 0 N–H and O–H groups in total. The van der Waals surface area contributed by atoms with E-state index >= 15 is 0 Å². The Kier molecular flexibility index (Phi) is 2.31. The van der Waals surface area contributed by atoms with Gasteiger partial charge >= 0.3 is 0 Å². The van der Waals surface area contributed by atoms with E-state index in [4.69, 9.17) is 0 Å². The highest BCUT2D eigenvalue weighted by Gasteiger charge is 2.04. The summed E-state index contributed by atoms with van der Waals surface area (Å²) >= 11 is -2.33. The van der Waals surface area contributed by atoms with Crippen LogP contribution in [0.3, 0.4) is 0 Å². The van der Waals surface area contributed by atoms with Crippen LogP contribution in [-0.2, 0) is 11.1 Å². The van der Waals surface area contributed by atoms with Gasteiger partial charge in [-0.1, -0.05) is 24.3 Å². The van der Waals surface area contributed by atoms with E-state index in [1.165, 1.54) is 6.07 Å². The van der Waals surface area contributed by atoms with Gasteiger partial charge in [0.2, 0.25) is 0 Å². The van der Waals surface area contributed by atoms with Crippen LogP contribution >= 0.6 is 0 Å². The Bertz CT molecular complexity index is 510. The molecule has 0 aliphatic heterocycles. The summed E-state index contributed by atoms with van der Waals surface area (Å²) in [6, 6.07) is 8.92. The van der Waals surface area contributed by atoms with Crippen molar-refractivity contribution in [2.24, 2.45) is 0 Å². The molecule has 0 amide bonds. The molecule has 4 heteroatoms. The summed E-state index contributed by atoms with van der Waals surface area (Å²) in [5, 5.41) is 0.745. The molecular weight excluding hydrogens is 203 g/mol. The van der Waals surface area contributed by atoms with Gasteiger partial charge in [-0.25, -0.2) is 4.39 Å². The topological polar surface area (TPSA) is 40.1 Å². The molecule has 72 valence electrons. The quantitative estimate of drug-likeness (QED) is 0.675. The molecule has 1 atom stereocenters. The maximum Gasteiger partial charge on any atom is 0.131 e. The van der Waals surface area contributed by atoms with Gasteiger partial charge in [0.15, 0.2) is 0 Å². The molecule has 0 saturated heterocycles. The van der Waals surface area contributed by atoms with Crippen molar-refractivity contribution in [3.8, 4) is 0 Å². The highest BCUT2D eigenvalue weighted by atomic mass is 32.2. The smallest absolute Gasteiger partial charge is 0.131 e. The van der Waals surface area contributed by atoms with Crippen LogP contribution in [0.5, 0.6) is 0 Å². The summed E-state index contributed by atoms with van der Waals surface area (Å²) in [5.74, 6) is -0.408. The molecule has 0 fully saturated rings. The monoisotopic (exact) mass is 209 g/mol. The van der Waals surface area contributed by atoms with Crippen molar-refractivity contribution in [1.29, 1.82) is 0 Å². The van der Waals surface area contributed by atoms with E-state index in [1.54, 1.807) is 24.3 Å². The average Bonchev–Trinajstić information content (AvgIpc) is 2.18. The van der Waals surface area contributed by atoms with E-state index in [9.17, 15) is 13.2 Å². The summed E-state index contributed by atoms with van der Waals surface area (Å²) in [7, 11) is 0. The van der Waals surface area contributed by atoms with Crippen molar-refractivity contribution in [2.45, 2.75) is 4.90 Å². The minimum Gasteiger partial charge on any atom is -0.768 e. The second-order valence-corrected chi connectivity index (χ2v) is 3.74. The Morgan fingerprint density at radius 3 is 2.36 bits per heavy atom. The maximum absolute atomic E-state index is 13.2. The van der Waals surface area contributed by atoms with E-state index < -0.39 is 16.9 Å². The average molecular weight is 209 g/mol. The summed E-state index contributed by atoms with van der Waals surface area (Å²) < 4.78 is 34.8. The Balaban J connectivity index is 2.88. The van der Waals surface area contributed by atoms with Crippen molar-refractivity contribution in [3.05, 3.63) is 42.2 Å². The first kappa shape index (κ1) is 9.30. The Hall–Kier alpha value is -1.26. The van der Waals surface area contributed by atoms with Gasteiger partial charge in [0.1, 0.15) is 5.82 Å². The van der Waals surface area contributed by atoms with Crippen LogP contribution in [0.15, 0.2) is 41.3 Å². The third-order valence-electron chi connectivity index (χ3n) is 2.01. The third-order valence-corrected chi connectivity index (χ3v) is 2.73. The molecule has 0 bridgehead atoms. The second-order valence-electron chi connectivity index (χ2n) is 2.83. The predicted molar refractivity (Wildman–Crippen MR) is 51.1 cm³/mol. The second kappa shape index (κ2) is 3.48. The van der Waals surface area contributed by atoms with Gasteiger partial charge in [-0.05, 0) is 28.6 Å². The van der Waals surface area contributed by atoms with E-state index in [-0.39, 0.29) is 4.90 Å². The van der Waals surface area contributed by atoms with E-state index in [1.807, 2.05) is 0 Å².